The van der Waals surface area contributed by atoms with E-state index in [0.29, 0.717) is 19.1 Å². The quantitative estimate of drug-likeness (QED) is 0.510. The molecule has 0 radical (unpaired) electrons. The number of hydrogen-bond donors (Lipinski definition) is 0. The molecule has 0 bridgehead atoms. The number of piperidine rings is 1. The van der Waals surface area contributed by atoms with Gasteiger partial charge in [-0.1, -0.05) is 30.3 Å². The molecule has 9 heteroatoms. The second-order valence-corrected chi connectivity index (χ2v) is 7.46. The van der Waals surface area contributed by atoms with Crippen LogP contribution in [0.4, 0.5) is 11.4 Å². The Hall–Kier alpha value is -3.33. The van der Waals surface area contributed by atoms with E-state index in [1.807, 2.05) is 18.2 Å². The van der Waals surface area contributed by atoms with E-state index in [2.05, 4.69) is 24.1 Å². The first-order valence-corrected chi connectivity index (χ1v) is 9.83. The number of amides is 1. The van der Waals surface area contributed by atoms with Gasteiger partial charge < -0.3 is 9.80 Å². The molecule has 0 spiro atoms. The second-order valence-electron chi connectivity index (χ2n) is 7.46. The summed E-state index contributed by atoms with van der Waals surface area (Å²) in [7, 11) is 2.09. The lowest BCUT2D eigenvalue weighted by atomic mass is 10.0. The zero-order valence-corrected chi connectivity index (χ0v) is 16.8. The van der Waals surface area contributed by atoms with E-state index in [4.69, 9.17) is 0 Å². The van der Waals surface area contributed by atoms with Crippen LogP contribution in [0.3, 0.4) is 0 Å². The molecule has 2 aromatic rings. The summed E-state index contributed by atoms with van der Waals surface area (Å²) in [5.74, 6) is -0.335. The van der Waals surface area contributed by atoms with E-state index >= 15 is 0 Å². The summed E-state index contributed by atoms with van der Waals surface area (Å²) < 4.78 is 0. The average molecular weight is 412 g/mol. The molecule has 1 heterocycles. The molecule has 1 fully saturated rings. The molecule has 30 heavy (non-hydrogen) atoms. The zero-order chi connectivity index (χ0) is 21.7. The molecule has 0 atom stereocenters. The number of hydrogen-bond acceptors (Lipinski definition) is 6. The van der Waals surface area contributed by atoms with E-state index in [1.165, 1.54) is 11.6 Å². The van der Waals surface area contributed by atoms with E-state index in [0.717, 1.165) is 37.9 Å². The summed E-state index contributed by atoms with van der Waals surface area (Å²) in [5, 5.41) is 22.1. The molecule has 0 aliphatic carbocycles. The Morgan fingerprint density at radius 2 is 1.67 bits per heavy atom. The van der Waals surface area contributed by atoms with Crippen LogP contribution >= 0.6 is 0 Å². The van der Waals surface area contributed by atoms with Crippen molar-refractivity contribution < 1.29 is 14.6 Å². The second kappa shape index (κ2) is 9.45. The predicted molar refractivity (Wildman–Crippen MR) is 111 cm³/mol. The van der Waals surface area contributed by atoms with Crippen molar-refractivity contribution in [1.29, 1.82) is 0 Å². The van der Waals surface area contributed by atoms with Crippen molar-refractivity contribution in [1.82, 2.24) is 9.80 Å². The van der Waals surface area contributed by atoms with Gasteiger partial charge in [-0.05, 0) is 37.9 Å². The number of rotatable bonds is 7. The number of nitro benzene ring substituents is 2. The van der Waals surface area contributed by atoms with Gasteiger partial charge in [-0.2, -0.15) is 0 Å². The van der Waals surface area contributed by atoms with Gasteiger partial charge in [0.2, 0.25) is 0 Å². The van der Waals surface area contributed by atoms with E-state index in [9.17, 15) is 25.0 Å². The Balaban J connectivity index is 1.58. The number of nitrogens with zero attached hydrogens (tertiary/aromatic N) is 4. The van der Waals surface area contributed by atoms with Gasteiger partial charge in [0, 0.05) is 43.4 Å². The Bertz CT molecular complexity index is 926. The summed E-state index contributed by atoms with van der Waals surface area (Å²) in [4.78, 5) is 37.2. The Morgan fingerprint density at radius 3 is 2.27 bits per heavy atom. The lowest BCUT2D eigenvalue weighted by Gasteiger charge is -2.36. The normalized spacial score (nSPS) is 14.7. The van der Waals surface area contributed by atoms with Gasteiger partial charge in [0.25, 0.3) is 5.91 Å². The van der Waals surface area contributed by atoms with E-state index in [-0.39, 0.29) is 11.5 Å². The average Bonchev–Trinajstić information content (AvgIpc) is 2.77. The monoisotopic (exact) mass is 412 g/mol. The maximum Gasteiger partial charge on any atom is 0.346 e. The number of likely N-dealkylation sites (N-methyl/N-ethyl adjacent to an activating group) is 1. The van der Waals surface area contributed by atoms with Crippen molar-refractivity contribution in [2.75, 3.05) is 26.7 Å². The molecule has 158 valence electrons. The highest BCUT2D eigenvalue weighted by Gasteiger charge is 2.29. The lowest BCUT2D eigenvalue weighted by Crippen LogP contribution is -2.46. The maximum absolute atomic E-state index is 12.8. The first kappa shape index (κ1) is 21.4. The Morgan fingerprint density at radius 1 is 1.03 bits per heavy atom. The van der Waals surface area contributed by atoms with Gasteiger partial charge in [0.1, 0.15) is 0 Å². The van der Waals surface area contributed by atoms with Crippen molar-refractivity contribution in [2.24, 2.45) is 0 Å². The highest BCUT2D eigenvalue weighted by atomic mass is 16.6. The van der Waals surface area contributed by atoms with Crippen LogP contribution in [0.25, 0.3) is 0 Å². The van der Waals surface area contributed by atoms with Gasteiger partial charge in [0.05, 0.1) is 9.85 Å². The van der Waals surface area contributed by atoms with Gasteiger partial charge in [-0.15, -0.1) is 0 Å². The highest BCUT2D eigenvalue weighted by Crippen LogP contribution is 2.28. The summed E-state index contributed by atoms with van der Waals surface area (Å²) in [6, 6.07) is 13.9. The van der Waals surface area contributed by atoms with Crippen molar-refractivity contribution in [2.45, 2.75) is 25.3 Å². The number of carbonyl (C=O) groups is 1. The van der Waals surface area contributed by atoms with Crippen LogP contribution < -0.4 is 0 Å². The van der Waals surface area contributed by atoms with Gasteiger partial charge in [-0.25, -0.2) is 0 Å². The fraction of sp³-hybridized carbons (Fsp3) is 0.381. The fourth-order valence-corrected chi connectivity index (χ4v) is 3.78. The molecule has 1 saturated heterocycles. The first-order valence-electron chi connectivity index (χ1n) is 9.83. The highest BCUT2D eigenvalue weighted by molar-refractivity contribution is 5.95. The summed E-state index contributed by atoms with van der Waals surface area (Å²) in [6.45, 7) is 2.02. The van der Waals surface area contributed by atoms with Gasteiger partial charge >= 0.3 is 11.4 Å². The molecule has 1 aliphatic heterocycles. The molecular formula is C21H24N4O5. The fourth-order valence-electron chi connectivity index (χ4n) is 3.78. The third kappa shape index (κ3) is 4.98. The Labute approximate surface area is 174 Å². The molecule has 1 amide bonds. The number of nitro groups is 2. The molecule has 9 nitrogen and oxygen atoms in total. The molecular weight excluding hydrogens is 388 g/mol. The van der Waals surface area contributed by atoms with Crippen LogP contribution in [0.2, 0.25) is 0 Å². The largest absolute Gasteiger partial charge is 0.346 e. The number of benzene rings is 2. The van der Waals surface area contributed by atoms with E-state index < -0.39 is 21.2 Å². The molecule has 2 aromatic carbocycles. The Kier molecular flexibility index (Phi) is 6.73. The predicted octanol–water partition coefficient (Wildman–Crippen LogP) is 3.28. The molecule has 0 N–H and O–H groups in total. The summed E-state index contributed by atoms with van der Waals surface area (Å²) >= 11 is 0. The minimum Gasteiger partial charge on any atom is -0.339 e. The van der Waals surface area contributed by atoms with E-state index in [1.54, 1.807) is 4.90 Å². The molecule has 0 aromatic heterocycles. The summed E-state index contributed by atoms with van der Waals surface area (Å²) in [6.07, 6.45) is 2.58. The number of likely N-dealkylation sites (tertiary alicyclic amines) is 1. The third-order valence-electron chi connectivity index (χ3n) is 5.59. The molecule has 1 aliphatic rings. The van der Waals surface area contributed by atoms with Crippen molar-refractivity contribution >= 4 is 17.3 Å². The molecule has 0 unspecified atom stereocenters. The minimum atomic E-state index is -0.831. The van der Waals surface area contributed by atoms with Crippen LogP contribution in [0.5, 0.6) is 0 Å². The maximum atomic E-state index is 12.8. The lowest BCUT2D eigenvalue weighted by molar-refractivity contribution is -0.422. The van der Waals surface area contributed by atoms with Gasteiger partial charge in [-0.3, -0.25) is 25.0 Å². The minimum absolute atomic E-state index is 0.100. The number of carbonyl (C=O) groups excluding carboxylic acids is 1. The van der Waals surface area contributed by atoms with Crippen molar-refractivity contribution in [3.8, 4) is 0 Å². The van der Waals surface area contributed by atoms with Crippen LogP contribution in [-0.4, -0.2) is 58.3 Å². The standard InChI is InChI=1S/C21H24N4O5/c1-22(12-9-16-5-3-2-4-6-16)18-10-13-23(14-11-18)21(26)17-7-8-19(24(27)28)20(15-17)25(29)30/h2-8,15,18H,9-14H2,1H3. The first-order chi connectivity index (χ1) is 14.4. The van der Waals surface area contributed by atoms with Crippen molar-refractivity contribution in [3.63, 3.8) is 0 Å². The summed E-state index contributed by atoms with van der Waals surface area (Å²) in [5.41, 5.74) is 0.108. The SMILES string of the molecule is CN(CCc1ccccc1)C1CCN(C(=O)c2ccc([N+](=O)[O-])c([N+](=O)[O-])c2)CC1. The molecule has 3 rings (SSSR count). The van der Waals surface area contributed by atoms with Crippen LogP contribution in [0.15, 0.2) is 48.5 Å². The topological polar surface area (TPSA) is 110 Å². The van der Waals surface area contributed by atoms with Crippen LogP contribution in [0.1, 0.15) is 28.8 Å². The van der Waals surface area contributed by atoms with Crippen LogP contribution in [0, 0.1) is 20.2 Å². The van der Waals surface area contributed by atoms with Crippen LogP contribution in [-0.2, 0) is 6.42 Å². The smallest absolute Gasteiger partial charge is 0.339 e. The van der Waals surface area contributed by atoms with Gasteiger partial charge in [0.15, 0.2) is 0 Å². The molecule has 0 saturated carbocycles. The third-order valence-corrected chi connectivity index (χ3v) is 5.59. The van der Waals surface area contributed by atoms with Crippen molar-refractivity contribution in [3.05, 3.63) is 79.9 Å². The zero-order valence-electron chi connectivity index (χ0n) is 16.8.